The Balaban J connectivity index is 2.05. The fourth-order valence-electron chi connectivity index (χ4n) is 1.94. The fraction of sp³-hybridized carbons (Fsp3) is 0.500. The first-order chi connectivity index (χ1) is 8.90. The highest BCUT2D eigenvalue weighted by Gasteiger charge is 2.23. The van der Waals surface area contributed by atoms with Gasteiger partial charge in [-0.3, -0.25) is 0 Å². The van der Waals surface area contributed by atoms with E-state index >= 15 is 0 Å². The lowest BCUT2D eigenvalue weighted by Gasteiger charge is -2.11. The summed E-state index contributed by atoms with van der Waals surface area (Å²) in [6.07, 6.45) is 4.42. The van der Waals surface area contributed by atoms with E-state index < -0.39 is 10.0 Å². The van der Waals surface area contributed by atoms with E-state index in [1.54, 1.807) is 0 Å². The Labute approximate surface area is 123 Å². The molecule has 0 atom stereocenters. The molecule has 1 aliphatic rings. The van der Waals surface area contributed by atoms with E-state index in [0.717, 1.165) is 18.8 Å². The van der Waals surface area contributed by atoms with Crippen molar-refractivity contribution in [1.82, 2.24) is 4.72 Å². The third-order valence-corrected chi connectivity index (χ3v) is 5.29. The number of anilines is 1. The smallest absolute Gasteiger partial charge is 0.244 e. The number of nitrogens with one attached hydrogen (secondary N) is 1. The Bertz CT molecular complexity index is 548. The van der Waals surface area contributed by atoms with Crippen LogP contribution in [0.2, 0.25) is 10.0 Å². The average Bonchev–Trinajstić information content (AvgIpc) is 3.06. The molecule has 2 rings (SSSR count). The van der Waals surface area contributed by atoms with Crippen molar-refractivity contribution in [3.63, 3.8) is 0 Å². The Morgan fingerprint density at radius 3 is 2.58 bits per heavy atom. The second kappa shape index (κ2) is 5.87. The minimum absolute atomic E-state index is 0.0414. The van der Waals surface area contributed by atoms with Gasteiger partial charge in [-0.2, -0.15) is 0 Å². The van der Waals surface area contributed by atoms with Crippen molar-refractivity contribution in [2.45, 2.75) is 30.6 Å². The van der Waals surface area contributed by atoms with Gasteiger partial charge < -0.3 is 5.73 Å². The van der Waals surface area contributed by atoms with Crippen LogP contribution in [0.4, 0.5) is 5.69 Å². The molecular formula is C12H16Cl2N2O2S. The summed E-state index contributed by atoms with van der Waals surface area (Å²) in [6.45, 7) is 0.400. The molecule has 1 aromatic rings. The van der Waals surface area contributed by atoms with Gasteiger partial charge in [-0.05, 0) is 30.9 Å². The van der Waals surface area contributed by atoms with E-state index in [-0.39, 0.29) is 15.6 Å². The number of hydrogen-bond donors (Lipinski definition) is 2. The third kappa shape index (κ3) is 3.99. The van der Waals surface area contributed by atoms with Crippen LogP contribution >= 0.6 is 23.2 Å². The third-order valence-electron chi connectivity index (χ3n) is 3.08. The van der Waals surface area contributed by atoms with Crippen LogP contribution in [0, 0.1) is 5.92 Å². The number of hydrogen-bond acceptors (Lipinski definition) is 3. The van der Waals surface area contributed by atoms with Gasteiger partial charge in [0.15, 0.2) is 0 Å². The van der Waals surface area contributed by atoms with Gasteiger partial charge in [0.2, 0.25) is 10.0 Å². The molecule has 106 valence electrons. The molecule has 0 bridgehead atoms. The van der Waals surface area contributed by atoms with Gasteiger partial charge in [0.1, 0.15) is 4.90 Å². The van der Waals surface area contributed by atoms with Gasteiger partial charge in [0.05, 0.1) is 10.7 Å². The van der Waals surface area contributed by atoms with Crippen LogP contribution in [0.3, 0.4) is 0 Å². The van der Waals surface area contributed by atoms with Gasteiger partial charge in [-0.1, -0.05) is 36.0 Å². The highest BCUT2D eigenvalue weighted by Crippen LogP contribution is 2.33. The zero-order chi connectivity index (χ0) is 14.0. The quantitative estimate of drug-likeness (QED) is 0.624. The first kappa shape index (κ1) is 14.9. The minimum Gasteiger partial charge on any atom is -0.398 e. The number of sulfonamides is 1. The molecule has 0 heterocycles. The van der Waals surface area contributed by atoms with Crippen molar-refractivity contribution >= 4 is 38.9 Å². The van der Waals surface area contributed by atoms with E-state index in [1.165, 1.54) is 25.0 Å². The summed E-state index contributed by atoms with van der Waals surface area (Å²) in [6, 6.07) is 2.75. The number of benzene rings is 1. The maximum absolute atomic E-state index is 12.1. The van der Waals surface area contributed by atoms with E-state index in [2.05, 4.69) is 4.72 Å². The van der Waals surface area contributed by atoms with Gasteiger partial charge in [-0.15, -0.1) is 0 Å². The summed E-state index contributed by atoms with van der Waals surface area (Å²) in [5.41, 5.74) is 5.74. The molecular weight excluding hydrogens is 307 g/mol. The Morgan fingerprint density at radius 2 is 2.00 bits per heavy atom. The Hall–Kier alpha value is -0.490. The number of nitrogen functional groups attached to an aromatic ring is 1. The first-order valence-corrected chi connectivity index (χ1v) is 8.38. The summed E-state index contributed by atoms with van der Waals surface area (Å²) in [5.74, 6) is 0.786. The molecule has 1 saturated carbocycles. The van der Waals surface area contributed by atoms with Crippen LogP contribution in [0.1, 0.15) is 25.7 Å². The van der Waals surface area contributed by atoms with Crippen molar-refractivity contribution in [1.29, 1.82) is 0 Å². The molecule has 0 radical (unpaired) electrons. The Morgan fingerprint density at radius 1 is 1.32 bits per heavy atom. The highest BCUT2D eigenvalue weighted by atomic mass is 35.5. The summed E-state index contributed by atoms with van der Waals surface area (Å²) in [5, 5.41) is 0.356. The molecule has 0 spiro atoms. The molecule has 0 amide bonds. The summed E-state index contributed by atoms with van der Waals surface area (Å²) in [7, 11) is -3.68. The lowest BCUT2D eigenvalue weighted by molar-refractivity contribution is 0.573. The first-order valence-electron chi connectivity index (χ1n) is 6.14. The molecule has 0 saturated heterocycles. The van der Waals surface area contributed by atoms with Crippen LogP contribution in [-0.2, 0) is 10.0 Å². The second-order valence-corrected chi connectivity index (χ2v) is 7.34. The normalized spacial score (nSPS) is 15.7. The molecule has 0 aromatic heterocycles. The average molecular weight is 323 g/mol. The van der Waals surface area contributed by atoms with Crippen molar-refractivity contribution in [3.05, 3.63) is 22.2 Å². The summed E-state index contributed by atoms with van der Waals surface area (Å²) >= 11 is 11.7. The van der Waals surface area contributed by atoms with Gasteiger partial charge in [0.25, 0.3) is 0 Å². The lowest BCUT2D eigenvalue weighted by atomic mass is 10.2. The summed E-state index contributed by atoms with van der Waals surface area (Å²) < 4.78 is 26.8. The van der Waals surface area contributed by atoms with E-state index in [9.17, 15) is 8.42 Å². The maximum atomic E-state index is 12.1. The zero-order valence-electron chi connectivity index (χ0n) is 10.3. The van der Waals surface area contributed by atoms with Gasteiger partial charge in [-0.25, -0.2) is 13.1 Å². The molecule has 0 aliphatic heterocycles. The lowest BCUT2D eigenvalue weighted by Crippen LogP contribution is -2.26. The van der Waals surface area contributed by atoms with Gasteiger partial charge in [0, 0.05) is 11.6 Å². The zero-order valence-corrected chi connectivity index (χ0v) is 12.7. The molecule has 19 heavy (non-hydrogen) atoms. The van der Waals surface area contributed by atoms with Crippen LogP contribution in [-0.4, -0.2) is 15.0 Å². The number of halogens is 2. The van der Waals surface area contributed by atoms with E-state index in [1.807, 2.05) is 0 Å². The van der Waals surface area contributed by atoms with Crippen LogP contribution in [0.5, 0.6) is 0 Å². The maximum Gasteiger partial charge on any atom is 0.244 e. The van der Waals surface area contributed by atoms with E-state index in [0.29, 0.717) is 11.6 Å². The molecule has 1 aromatic carbocycles. The highest BCUT2D eigenvalue weighted by molar-refractivity contribution is 7.89. The van der Waals surface area contributed by atoms with Crippen LogP contribution in [0.25, 0.3) is 0 Å². The number of nitrogens with two attached hydrogens (primary N) is 1. The minimum atomic E-state index is -3.68. The van der Waals surface area contributed by atoms with Gasteiger partial charge >= 0.3 is 0 Å². The number of rotatable bonds is 6. The largest absolute Gasteiger partial charge is 0.398 e. The monoisotopic (exact) mass is 322 g/mol. The Kier molecular flexibility index (Phi) is 4.61. The van der Waals surface area contributed by atoms with Crippen LogP contribution in [0.15, 0.2) is 17.0 Å². The molecule has 1 aliphatic carbocycles. The van der Waals surface area contributed by atoms with Crippen molar-refractivity contribution < 1.29 is 8.42 Å². The summed E-state index contributed by atoms with van der Waals surface area (Å²) in [4.78, 5) is -0.0926. The fourth-order valence-corrected chi connectivity index (χ4v) is 4.00. The molecule has 4 nitrogen and oxygen atoms in total. The van der Waals surface area contributed by atoms with Crippen molar-refractivity contribution in [2.24, 2.45) is 5.92 Å². The van der Waals surface area contributed by atoms with Crippen LogP contribution < -0.4 is 10.5 Å². The topological polar surface area (TPSA) is 72.2 Å². The van der Waals surface area contributed by atoms with Crippen molar-refractivity contribution in [2.75, 3.05) is 12.3 Å². The molecule has 3 N–H and O–H groups in total. The predicted octanol–water partition coefficient (Wildman–Crippen LogP) is 3.04. The second-order valence-electron chi connectivity index (χ2n) is 4.79. The standard InChI is InChI=1S/C12H16Cl2N2O2S/c13-9-6-10(14)12(11(15)7-9)19(17,18)16-5-1-2-8-3-4-8/h6-8,16H,1-5,15H2. The van der Waals surface area contributed by atoms with Crippen molar-refractivity contribution in [3.8, 4) is 0 Å². The molecule has 1 fully saturated rings. The molecule has 7 heteroatoms. The van der Waals surface area contributed by atoms with E-state index in [4.69, 9.17) is 28.9 Å². The predicted molar refractivity (Wildman–Crippen MR) is 78.0 cm³/mol. The molecule has 0 unspecified atom stereocenters. The SMILES string of the molecule is Nc1cc(Cl)cc(Cl)c1S(=O)(=O)NCCCC1CC1.